The molecule has 0 heterocycles. The van der Waals surface area contributed by atoms with E-state index in [0.717, 1.165) is 22.8 Å². The molecule has 0 spiro atoms. The van der Waals surface area contributed by atoms with Crippen LogP contribution in [0.4, 0.5) is 0 Å². The Kier molecular flexibility index (Phi) is 4.69. The van der Waals surface area contributed by atoms with Crippen molar-refractivity contribution in [1.82, 2.24) is 0 Å². The van der Waals surface area contributed by atoms with Crippen LogP contribution in [0.15, 0.2) is 67.3 Å². The molecule has 0 saturated heterocycles. The van der Waals surface area contributed by atoms with Gasteiger partial charge >= 0.3 is 5.97 Å². The number of hydrogen-bond donors (Lipinski definition) is 1. The molecule has 3 nitrogen and oxygen atoms in total. The first-order valence-electron chi connectivity index (χ1n) is 6.34. The molecule has 3 heteroatoms. The lowest BCUT2D eigenvalue weighted by molar-refractivity contribution is -0.145. The molecule has 0 aromatic heterocycles. The molecule has 1 unspecified atom stereocenters. The van der Waals surface area contributed by atoms with Gasteiger partial charge < -0.3 is 9.84 Å². The zero-order valence-electron chi connectivity index (χ0n) is 11.0. The topological polar surface area (TPSA) is 46.5 Å². The molecule has 20 heavy (non-hydrogen) atoms. The highest BCUT2D eigenvalue weighted by molar-refractivity contribution is 5.81. The van der Waals surface area contributed by atoms with Crippen molar-refractivity contribution in [2.24, 2.45) is 0 Å². The van der Waals surface area contributed by atoms with E-state index in [2.05, 4.69) is 6.58 Å². The summed E-state index contributed by atoms with van der Waals surface area (Å²) < 4.78 is 5.19. The minimum Gasteiger partial charge on any atom is -0.452 e. The van der Waals surface area contributed by atoms with Crippen LogP contribution in [0.2, 0.25) is 0 Å². The Morgan fingerprint density at radius 1 is 1.15 bits per heavy atom. The fourth-order valence-electron chi connectivity index (χ4n) is 2.05. The number of aliphatic hydroxyl groups excluding tert-OH is 1. The zero-order chi connectivity index (χ0) is 14.4. The number of aliphatic hydroxyl groups is 1. The molecule has 0 aliphatic rings. The summed E-state index contributed by atoms with van der Waals surface area (Å²) >= 11 is 0. The minimum atomic E-state index is -0.697. The molecule has 0 amide bonds. The first kappa shape index (κ1) is 14.0. The van der Waals surface area contributed by atoms with E-state index in [0.29, 0.717) is 0 Å². The van der Waals surface area contributed by atoms with Crippen LogP contribution in [0.3, 0.4) is 0 Å². The maximum absolute atomic E-state index is 11.4. The maximum atomic E-state index is 11.4. The van der Waals surface area contributed by atoms with Gasteiger partial charge in [-0.15, -0.1) is 0 Å². The average Bonchev–Trinajstić information content (AvgIpc) is 2.53. The van der Waals surface area contributed by atoms with Gasteiger partial charge in [0, 0.05) is 11.6 Å². The Balaban J connectivity index is 2.41. The van der Waals surface area contributed by atoms with Crippen molar-refractivity contribution in [3.8, 4) is 11.1 Å². The number of rotatable bonds is 5. The van der Waals surface area contributed by atoms with E-state index in [1.807, 2.05) is 54.6 Å². The van der Waals surface area contributed by atoms with Gasteiger partial charge in [-0.05, 0) is 11.1 Å². The lowest BCUT2D eigenvalue weighted by Crippen LogP contribution is -2.13. The Bertz CT molecular complexity index is 590. The molecule has 0 fully saturated rings. The Hall–Kier alpha value is -2.39. The summed E-state index contributed by atoms with van der Waals surface area (Å²) in [6.07, 6.45) is 0.394. The van der Waals surface area contributed by atoms with Crippen LogP contribution in [0.5, 0.6) is 0 Å². The molecule has 1 atom stereocenters. The third-order valence-corrected chi connectivity index (χ3v) is 2.98. The van der Waals surface area contributed by atoms with E-state index < -0.39 is 12.1 Å². The van der Waals surface area contributed by atoms with E-state index in [4.69, 9.17) is 4.74 Å². The second-order valence-corrected chi connectivity index (χ2v) is 4.27. The van der Waals surface area contributed by atoms with Crippen molar-refractivity contribution in [3.05, 3.63) is 72.8 Å². The van der Waals surface area contributed by atoms with Crippen LogP contribution in [0, 0.1) is 0 Å². The molecular formula is C17H16O3. The van der Waals surface area contributed by atoms with Crippen LogP contribution in [0.1, 0.15) is 11.7 Å². The third-order valence-electron chi connectivity index (χ3n) is 2.98. The average molecular weight is 268 g/mol. The molecule has 0 aliphatic heterocycles. The van der Waals surface area contributed by atoms with Gasteiger partial charge in [-0.25, -0.2) is 4.79 Å². The lowest BCUT2D eigenvalue weighted by atomic mass is 9.96. The molecule has 102 valence electrons. The van der Waals surface area contributed by atoms with Gasteiger partial charge in [0.15, 0.2) is 6.10 Å². The molecule has 2 aromatic carbocycles. The summed E-state index contributed by atoms with van der Waals surface area (Å²) in [6.45, 7) is 3.09. The van der Waals surface area contributed by atoms with E-state index in [9.17, 15) is 9.90 Å². The molecule has 0 bridgehead atoms. The molecule has 1 N–H and O–H groups in total. The van der Waals surface area contributed by atoms with Gasteiger partial charge in [0.05, 0.1) is 6.61 Å². The van der Waals surface area contributed by atoms with Crippen LogP contribution >= 0.6 is 0 Å². The second-order valence-electron chi connectivity index (χ2n) is 4.27. The molecule has 0 saturated carbocycles. The zero-order valence-corrected chi connectivity index (χ0v) is 11.0. The highest BCUT2D eigenvalue weighted by Crippen LogP contribution is 2.29. The predicted molar refractivity (Wildman–Crippen MR) is 78.0 cm³/mol. The predicted octanol–water partition coefficient (Wildman–Crippen LogP) is 3.12. The highest BCUT2D eigenvalue weighted by atomic mass is 16.5. The number of hydrogen-bond acceptors (Lipinski definition) is 3. The Morgan fingerprint density at radius 2 is 1.80 bits per heavy atom. The second kappa shape index (κ2) is 6.68. The molecule has 0 radical (unpaired) electrons. The van der Waals surface area contributed by atoms with Crippen LogP contribution < -0.4 is 0 Å². The van der Waals surface area contributed by atoms with Crippen molar-refractivity contribution in [2.75, 3.05) is 6.61 Å². The van der Waals surface area contributed by atoms with E-state index >= 15 is 0 Å². The summed E-state index contributed by atoms with van der Waals surface area (Å²) in [5.41, 5.74) is 2.72. The molecule has 0 aliphatic carbocycles. The summed E-state index contributed by atoms with van der Waals surface area (Å²) in [5.74, 6) is -0.549. The normalized spacial score (nSPS) is 11.7. The van der Waals surface area contributed by atoms with Gasteiger partial charge in [-0.1, -0.05) is 61.2 Å². The van der Waals surface area contributed by atoms with Gasteiger partial charge in [-0.3, -0.25) is 0 Å². The SMILES string of the molecule is C=CC(=O)OC(CO)c1ccccc1-c1ccccc1. The smallest absolute Gasteiger partial charge is 0.330 e. The van der Waals surface area contributed by atoms with Crippen LogP contribution in [0.25, 0.3) is 11.1 Å². The van der Waals surface area contributed by atoms with Gasteiger partial charge in [0.25, 0.3) is 0 Å². The van der Waals surface area contributed by atoms with Gasteiger partial charge in [0.2, 0.25) is 0 Å². The first-order valence-corrected chi connectivity index (χ1v) is 6.34. The van der Waals surface area contributed by atoms with Gasteiger partial charge in [-0.2, -0.15) is 0 Å². The third kappa shape index (κ3) is 3.13. The summed E-state index contributed by atoms with van der Waals surface area (Å²) in [5, 5.41) is 9.48. The fraction of sp³-hybridized carbons (Fsp3) is 0.118. The number of benzene rings is 2. The number of carbonyl (C=O) groups is 1. The summed E-state index contributed by atoms with van der Waals surface area (Å²) in [6, 6.07) is 17.3. The van der Waals surface area contributed by atoms with Crippen LogP contribution in [-0.2, 0) is 9.53 Å². The van der Waals surface area contributed by atoms with E-state index in [-0.39, 0.29) is 6.61 Å². The quantitative estimate of drug-likeness (QED) is 0.669. The van der Waals surface area contributed by atoms with Crippen molar-refractivity contribution in [2.45, 2.75) is 6.10 Å². The van der Waals surface area contributed by atoms with E-state index in [1.54, 1.807) is 0 Å². The Morgan fingerprint density at radius 3 is 2.45 bits per heavy atom. The molecular weight excluding hydrogens is 252 g/mol. The van der Waals surface area contributed by atoms with Crippen molar-refractivity contribution >= 4 is 5.97 Å². The summed E-state index contributed by atoms with van der Waals surface area (Å²) in [4.78, 5) is 11.4. The Labute approximate surface area is 118 Å². The van der Waals surface area contributed by atoms with Crippen molar-refractivity contribution < 1.29 is 14.6 Å². The van der Waals surface area contributed by atoms with Crippen LogP contribution in [-0.4, -0.2) is 17.7 Å². The maximum Gasteiger partial charge on any atom is 0.330 e. The lowest BCUT2D eigenvalue weighted by Gasteiger charge is -2.18. The summed E-state index contributed by atoms with van der Waals surface area (Å²) in [7, 11) is 0. The van der Waals surface area contributed by atoms with Crippen molar-refractivity contribution in [3.63, 3.8) is 0 Å². The molecule has 2 rings (SSSR count). The van der Waals surface area contributed by atoms with Crippen molar-refractivity contribution in [1.29, 1.82) is 0 Å². The monoisotopic (exact) mass is 268 g/mol. The number of ether oxygens (including phenoxy) is 1. The largest absolute Gasteiger partial charge is 0.452 e. The minimum absolute atomic E-state index is 0.274. The highest BCUT2D eigenvalue weighted by Gasteiger charge is 2.18. The number of carbonyl (C=O) groups excluding carboxylic acids is 1. The fourth-order valence-corrected chi connectivity index (χ4v) is 2.05. The van der Waals surface area contributed by atoms with E-state index in [1.165, 1.54) is 0 Å². The standard InChI is InChI=1S/C17H16O3/c1-2-17(19)20-16(12-18)15-11-7-6-10-14(15)13-8-4-3-5-9-13/h2-11,16,18H,1,12H2. The molecule has 2 aromatic rings. The first-order chi connectivity index (χ1) is 9.76. The number of esters is 1. The van der Waals surface area contributed by atoms with Gasteiger partial charge in [0.1, 0.15) is 0 Å².